The fourth-order valence-corrected chi connectivity index (χ4v) is 3.92. The van der Waals surface area contributed by atoms with E-state index in [4.69, 9.17) is 11.6 Å². The van der Waals surface area contributed by atoms with Crippen LogP contribution in [0, 0.1) is 19.7 Å². The summed E-state index contributed by atoms with van der Waals surface area (Å²) in [5.41, 5.74) is 4.57. The molecule has 31 heavy (non-hydrogen) atoms. The van der Waals surface area contributed by atoms with Crippen molar-refractivity contribution in [2.24, 2.45) is 0 Å². The minimum atomic E-state index is -1.96. The van der Waals surface area contributed by atoms with Crippen LogP contribution in [0.4, 0.5) is 14.5 Å². The minimum absolute atomic E-state index is 0.0682. The van der Waals surface area contributed by atoms with Gasteiger partial charge in [-0.2, -0.15) is 0 Å². The Kier molecular flexibility index (Phi) is 5.70. The van der Waals surface area contributed by atoms with Crippen LogP contribution in [0.25, 0.3) is 22.0 Å². The van der Waals surface area contributed by atoms with Gasteiger partial charge in [-0.3, -0.25) is 9.78 Å². The van der Waals surface area contributed by atoms with Crippen molar-refractivity contribution in [3.63, 3.8) is 0 Å². The molecule has 0 fully saturated rings. The molecule has 0 radical (unpaired) electrons. The maximum Gasteiger partial charge on any atom is 0.263 e. The average Bonchev–Trinajstić information content (AvgIpc) is 2.74. The molecule has 0 aliphatic carbocycles. The van der Waals surface area contributed by atoms with E-state index in [1.165, 1.54) is 18.3 Å². The Morgan fingerprint density at radius 1 is 1.06 bits per heavy atom. The molecule has 1 N–H and O–H groups in total. The van der Waals surface area contributed by atoms with Gasteiger partial charge in [0.05, 0.1) is 17.4 Å². The van der Waals surface area contributed by atoms with E-state index in [0.717, 1.165) is 34.2 Å². The van der Waals surface area contributed by atoms with Crippen LogP contribution in [-0.2, 0) is 4.79 Å². The molecule has 1 atom stereocenters. The van der Waals surface area contributed by atoms with E-state index >= 15 is 0 Å². The number of anilines is 1. The van der Waals surface area contributed by atoms with Crippen LogP contribution in [-0.4, -0.2) is 10.9 Å². The number of aryl methyl sites for hydroxylation is 2. The maximum atomic E-state index is 14.8. The van der Waals surface area contributed by atoms with Gasteiger partial charge in [0, 0.05) is 21.5 Å². The molecule has 3 aromatic carbocycles. The SMILES string of the molecule is Cc1cc(C)c2ncc(NC(=O)C(F)c3ccc(F)cc3)c(-c3ccccc3Cl)c2c1. The van der Waals surface area contributed by atoms with Crippen LogP contribution in [0.3, 0.4) is 0 Å². The van der Waals surface area contributed by atoms with Crippen molar-refractivity contribution in [3.05, 3.63) is 94.4 Å². The van der Waals surface area contributed by atoms with Crippen LogP contribution >= 0.6 is 11.6 Å². The second kappa shape index (κ2) is 8.44. The molecule has 4 aromatic rings. The lowest BCUT2D eigenvalue weighted by molar-refractivity contribution is -0.121. The first kappa shape index (κ1) is 20.9. The molecular weight excluding hydrogens is 418 g/mol. The molecule has 1 amide bonds. The summed E-state index contributed by atoms with van der Waals surface area (Å²) in [6.07, 6.45) is -0.451. The predicted molar refractivity (Wildman–Crippen MR) is 121 cm³/mol. The predicted octanol–water partition coefficient (Wildman–Crippen LogP) is 6.96. The number of pyridine rings is 1. The highest BCUT2D eigenvalue weighted by Gasteiger charge is 2.23. The molecule has 1 heterocycles. The number of rotatable bonds is 4. The second-order valence-electron chi connectivity index (χ2n) is 7.41. The second-order valence-corrected chi connectivity index (χ2v) is 7.82. The summed E-state index contributed by atoms with van der Waals surface area (Å²) in [6, 6.07) is 16.0. The number of carbonyl (C=O) groups excluding carboxylic acids is 1. The lowest BCUT2D eigenvalue weighted by Gasteiger charge is -2.17. The molecule has 0 spiro atoms. The van der Waals surface area contributed by atoms with Crippen molar-refractivity contribution < 1.29 is 13.6 Å². The Morgan fingerprint density at radius 2 is 1.77 bits per heavy atom. The van der Waals surface area contributed by atoms with Gasteiger partial charge in [-0.25, -0.2) is 8.78 Å². The molecule has 0 aliphatic heterocycles. The number of halogens is 3. The molecule has 6 heteroatoms. The van der Waals surface area contributed by atoms with Gasteiger partial charge in [-0.1, -0.05) is 53.6 Å². The van der Waals surface area contributed by atoms with E-state index in [2.05, 4.69) is 10.3 Å². The number of fused-ring (bicyclic) bond motifs is 1. The lowest BCUT2D eigenvalue weighted by atomic mass is 9.96. The molecule has 0 saturated heterocycles. The number of aromatic nitrogens is 1. The number of alkyl halides is 1. The monoisotopic (exact) mass is 436 g/mol. The van der Waals surface area contributed by atoms with E-state index in [1.54, 1.807) is 6.07 Å². The van der Waals surface area contributed by atoms with Gasteiger partial charge >= 0.3 is 0 Å². The fourth-order valence-electron chi connectivity index (χ4n) is 3.69. The zero-order valence-electron chi connectivity index (χ0n) is 16.9. The quantitative estimate of drug-likeness (QED) is 0.375. The Labute approximate surface area is 183 Å². The Morgan fingerprint density at radius 3 is 2.48 bits per heavy atom. The van der Waals surface area contributed by atoms with Gasteiger partial charge in [-0.15, -0.1) is 0 Å². The standard InChI is InChI=1S/C25H19ClF2N2O/c1-14-11-15(2)24-19(12-14)22(18-5-3-4-6-20(18)26)21(13-29-24)30-25(31)23(28)16-7-9-17(27)10-8-16/h3-13,23H,1-2H3,(H,30,31). The van der Waals surface area contributed by atoms with Crippen molar-refractivity contribution in [1.29, 1.82) is 0 Å². The Balaban J connectivity index is 1.84. The number of nitrogens with zero attached hydrogens (tertiary/aromatic N) is 1. The van der Waals surface area contributed by atoms with Gasteiger partial charge in [-0.05, 0) is 49.2 Å². The van der Waals surface area contributed by atoms with E-state index in [-0.39, 0.29) is 5.56 Å². The average molecular weight is 437 g/mol. The third-order valence-electron chi connectivity index (χ3n) is 5.10. The third kappa shape index (κ3) is 4.14. The zero-order valence-corrected chi connectivity index (χ0v) is 17.7. The van der Waals surface area contributed by atoms with Crippen molar-refractivity contribution >= 4 is 34.1 Å². The van der Waals surface area contributed by atoms with Crippen LogP contribution < -0.4 is 5.32 Å². The van der Waals surface area contributed by atoms with E-state index in [0.29, 0.717) is 21.8 Å². The first-order valence-corrected chi connectivity index (χ1v) is 10.1. The summed E-state index contributed by atoms with van der Waals surface area (Å²) in [6.45, 7) is 3.93. The van der Waals surface area contributed by atoms with E-state index in [1.807, 2.05) is 44.2 Å². The summed E-state index contributed by atoms with van der Waals surface area (Å²) in [4.78, 5) is 17.2. The van der Waals surface area contributed by atoms with Gasteiger partial charge in [0.25, 0.3) is 5.91 Å². The van der Waals surface area contributed by atoms with E-state index < -0.39 is 17.9 Å². The van der Waals surface area contributed by atoms with Crippen molar-refractivity contribution in [2.75, 3.05) is 5.32 Å². The third-order valence-corrected chi connectivity index (χ3v) is 5.43. The number of nitrogens with one attached hydrogen (secondary N) is 1. The largest absolute Gasteiger partial charge is 0.321 e. The fraction of sp³-hybridized carbons (Fsp3) is 0.120. The first-order chi connectivity index (χ1) is 14.8. The molecule has 4 rings (SSSR count). The highest BCUT2D eigenvalue weighted by Crippen LogP contribution is 2.39. The first-order valence-electron chi connectivity index (χ1n) is 9.70. The summed E-state index contributed by atoms with van der Waals surface area (Å²) < 4.78 is 28.0. The molecule has 1 unspecified atom stereocenters. The number of amides is 1. The number of hydrogen-bond acceptors (Lipinski definition) is 2. The molecular formula is C25H19ClF2N2O. The van der Waals surface area contributed by atoms with Gasteiger partial charge in [0.15, 0.2) is 0 Å². The topological polar surface area (TPSA) is 42.0 Å². The molecule has 0 aliphatic rings. The highest BCUT2D eigenvalue weighted by molar-refractivity contribution is 6.34. The molecule has 0 saturated carbocycles. The normalized spacial score (nSPS) is 12.0. The molecule has 1 aromatic heterocycles. The van der Waals surface area contributed by atoms with Crippen molar-refractivity contribution in [2.45, 2.75) is 20.0 Å². The highest BCUT2D eigenvalue weighted by atomic mass is 35.5. The maximum absolute atomic E-state index is 14.8. The molecule has 3 nitrogen and oxygen atoms in total. The van der Waals surface area contributed by atoms with Crippen LogP contribution in [0.1, 0.15) is 22.9 Å². The molecule has 156 valence electrons. The number of hydrogen-bond donors (Lipinski definition) is 1. The summed E-state index contributed by atoms with van der Waals surface area (Å²) in [7, 11) is 0. The summed E-state index contributed by atoms with van der Waals surface area (Å²) in [5.74, 6) is -1.37. The summed E-state index contributed by atoms with van der Waals surface area (Å²) >= 11 is 6.48. The summed E-state index contributed by atoms with van der Waals surface area (Å²) in [5, 5.41) is 3.96. The van der Waals surface area contributed by atoms with Gasteiger partial charge in [0.1, 0.15) is 5.82 Å². The smallest absolute Gasteiger partial charge is 0.263 e. The van der Waals surface area contributed by atoms with Gasteiger partial charge in [0.2, 0.25) is 6.17 Å². The van der Waals surface area contributed by atoms with Gasteiger partial charge < -0.3 is 5.32 Å². The Bertz CT molecular complexity index is 1290. The Hall–Kier alpha value is -3.31. The van der Waals surface area contributed by atoms with Crippen LogP contribution in [0.2, 0.25) is 5.02 Å². The lowest BCUT2D eigenvalue weighted by Crippen LogP contribution is -2.19. The van der Waals surface area contributed by atoms with Crippen LogP contribution in [0.15, 0.2) is 66.9 Å². The zero-order chi connectivity index (χ0) is 22.1. The van der Waals surface area contributed by atoms with Crippen LogP contribution in [0.5, 0.6) is 0 Å². The number of benzene rings is 3. The van der Waals surface area contributed by atoms with Crippen molar-refractivity contribution in [1.82, 2.24) is 4.98 Å². The van der Waals surface area contributed by atoms with Crippen molar-refractivity contribution in [3.8, 4) is 11.1 Å². The minimum Gasteiger partial charge on any atom is -0.321 e. The van der Waals surface area contributed by atoms with E-state index in [9.17, 15) is 13.6 Å². The molecule has 0 bridgehead atoms. The number of carbonyl (C=O) groups is 1.